The van der Waals surface area contributed by atoms with Gasteiger partial charge in [0.2, 0.25) is 0 Å². The van der Waals surface area contributed by atoms with Crippen molar-refractivity contribution in [2.45, 2.75) is 30.3 Å². The number of H-pyrrole nitrogens is 1. The van der Waals surface area contributed by atoms with E-state index in [9.17, 15) is 14.0 Å². The van der Waals surface area contributed by atoms with Crippen LogP contribution < -0.4 is 4.90 Å². The van der Waals surface area contributed by atoms with E-state index in [0.717, 1.165) is 42.8 Å². The van der Waals surface area contributed by atoms with Gasteiger partial charge in [-0.3, -0.25) is 4.90 Å². The predicted molar refractivity (Wildman–Crippen MR) is 109 cm³/mol. The topological polar surface area (TPSA) is 109 Å². The Balaban J connectivity index is 1.47. The number of aromatic nitrogens is 3. The average molecular weight is 408 g/mol. The van der Waals surface area contributed by atoms with Gasteiger partial charge in [-0.1, -0.05) is 12.1 Å². The Kier molecular flexibility index (Phi) is 4.54. The van der Waals surface area contributed by atoms with Crippen molar-refractivity contribution in [2.75, 3.05) is 18.0 Å². The second kappa shape index (κ2) is 7.22. The first-order valence-electron chi connectivity index (χ1n) is 9.56. The fourth-order valence-electron chi connectivity index (χ4n) is 4.76. The molecule has 3 aromatic rings. The molecule has 9 heteroatoms. The van der Waals surface area contributed by atoms with Crippen LogP contribution in [0, 0.1) is 11.3 Å². The lowest BCUT2D eigenvalue weighted by atomic mass is 10.1. The number of hydrogen-bond donors (Lipinski definition) is 2. The van der Waals surface area contributed by atoms with Crippen LogP contribution in [0.2, 0.25) is 0 Å². The van der Waals surface area contributed by atoms with E-state index in [1.807, 2.05) is 18.3 Å². The van der Waals surface area contributed by atoms with Crippen LogP contribution in [0.25, 0.3) is 11.0 Å². The van der Waals surface area contributed by atoms with Gasteiger partial charge in [-0.25, -0.2) is 14.2 Å². The van der Waals surface area contributed by atoms with E-state index < -0.39 is 16.5 Å². The summed E-state index contributed by atoms with van der Waals surface area (Å²) < 4.78 is 22.5. The summed E-state index contributed by atoms with van der Waals surface area (Å²) in [5, 5.41) is 9.57. The number of piperazine rings is 1. The summed E-state index contributed by atoms with van der Waals surface area (Å²) in [6, 6.07) is 11.4. The van der Waals surface area contributed by atoms with Crippen LogP contribution in [0.5, 0.6) is 0 Å². The van der Waals surface area contributed by atoms with Gasteiger partial charge >= 0.3 is 0 Å². The van der Waals surface area contributed by atoms with Crippen LogP contribution in [0.3, 0.4) is 0 Å². The first kappa shape index (κ1) is 18.2. The third kappa shape index (κ3) is 3.09. The maximum Gasteiger partial charge on any atom is 0.175 e. The molecule has 29 heavy (non-hydrogen) atoms. The lowest BCUT2D eigenvalue weighted by molar-refractivity contribution is 0.148. The van der Waals surface area contributed by atoms with Crippen molar-refractivity contribution in [2.24, 2.45) is 0 Å². The van der Waals surface area contributed by atoms with E-state index >= 15 is 0 Å². The van der Waals surface area contributed by atoms with Crippen molar-refractivity contribution in [3.8, 4) is 6.07 Å². The van der Waals surface area contributed by atoms with Crippen molar-refractivity contribution in [3.63, 3.8) is 0 Å². The number of rotatable bonds is 4. The molecule has 0 radical (unpaired) electrons. The van der Waals surface area contributed by atoms with Crippen LogP contribution in [0.1, 0.15) is 29.3 Å². The Morgan fingerprint density at radius 1 is 1.24 bits per heavy atom. The van der Waals surface area contributed by atoms with Gasteiger partial charge in [0.15, 0.2) is 11.1 Å². The van der Waals surface area contributed by atoms with Gasteiger partial charge < -0.3 is 14.4 Å². The molecule has 1 aromatic carbocycles. The summed E-state index contributed by atoms with van der Waals surface area (Å²) in [4.78, 5) is 16.4. The number of nitrogens with zero attached hydrogens (tertiary/aromatic N) is 5. The lowest BCUT2D eigenvalue weighted by Gasteiger charge is -2.44. The molecule has 2 saturated heterocycles. The van der Waals surface area contributed by atoms with Crippen LogP contribution in [-0.4, -0.2) is 53.8 Å². The molecule has 2 fully saturated rings. The Morgan fingerprint density at radius 3 is 2.76 bits per heavy atom. The highest BCUT2D eigenvalue weighted by atomic mass is 32.2. The smallest absolute Gasteiger partial charge is 0.175 e. The average Bonchev–Trinajstić information content (AvgIpc) is 3.30. The zero-order chi connectivity index (χ0) is 20.0. The molecular weight excluding hydrogens is 388 g/mol. The van der Waals surface area contributed by atoms with Gasteiger partial charge in [0, 0.05) is 31.4 Å². The Labute approximate surface area is 170 Å². The van der Waals surface area contributed by atoms with Gasteiger partial charge in [0.1, 0.15) is 23.2 Å². The zero-order valence-corrected chi connectivity index (χ0v) is 16.4. The molecular formula is C20H20N6O2S. The van der Waals surface area contributed by atoms with E-state index in [4.69, 9.17) is 0 Å². The molecule has 2 N–H and O–H groups in total. The molecule has 2 aromatic heterocycles. The molecule has 148 valence electrons. The number of nitrogens with one attached hydrogen (secondary N) is 1. The highest BCUT2D eigenvalue weighted by molar-refractivity contribution is 7.79. The van der Waals surface area contributed by atoms with Crippen molar-refractivity contribution < 1.29 is 8.76 Å². The number of aromatic amines is 1. The summed E-state index contributed by atoms with van der Waals surface area (Å²) >= 11 is -2.07. The molecule has 0 saturated carbocycles. The monoisotopic (exact) mass is 408 g/mol. The fourth-order valence-corrected chi connectivity index (χ4v) is 5.69. The second-order valence-corrected chi connectivity index (χ2v) is 8.54. The number of fused-ring (bicyclic) bond motifs is 3. The summed E-state index contributed by atoms with van der Waals surface area (Å²) in [7, 11) is 0. The zero-order valence-electron chi connectivity index (χ0n) is 15.6. The van der Waals surface area contributed by atoms with Crippen molar-refractivity contribution in [1.29, 1.82) is 5.26 Å². The van der Waals surface area contributed by atoms with Gasteiger partial charge in [-0.2, -0.15) is 5.26 Å². The van der Waals surface area contributed by atoms with E-state index in [2.05, 4.69) is 30.8 Å². The Morgan fingerprint density at radius 2 is 2.03 bits per heavy atom. The van der Waals surface area contributed by atoms with Crippen LogP contribution in [-0.2, 0) is 11.1 Å². The van der Waals surface area contributed by atoms with Crippen molar-refractivity contribution in [3.05, 3.63) is 54.0 Å². The third-order valence-electron chi connectivity index (χ3n) is 5.93. The Bertz CT molecular complexity index is 1110. The number of nitriles is 1. The lowest BCUT2D eigenvalue weighted by Crippen LogP contribution is -2.55. The maximum absolute atomic E-state index is 12.4. The SMILES string of the molecule is N#Cc1cccc(C(N2C3CCC2CN(c2ncnc4[nH]ccc24)C3)S(=O)O)c1. The quantitative estimate of drug-likeness (QED) is 0.638. The minimum absolute atomic E-state index is 0.143. The molecule has 8 nitrogen and oxygen atoms in total. The van der Waals surface area contributed by atoms with Crippen LogP contribution in [0.4, 0.5) is 5.82 Å². The second-order valence-electron chi connectivity index (χ2n) is 7.54. The van der Waals surface area contributed by atoms with Crippen molar-refractivity contribution >= 4 is 27.9 Å². The Hall–Kier alpha value is -2.80. The number of anilines is 1. The standard InChI is InChI=1S/C20H20N6O2S/c21-9-13-2-1-3-14(8-13)20(29(27)28)26-15-4-5-16(26)11-25(10-15)19-17-6-7-22-18(17)23-12-24-19/h1-3,6-8,12,15-16,20H,4-5,10-11H2,(H,27,28)(H,22,23,24). The molecule has 4 atom stereocenters. The van der Waals surface area contributed by atoms with Gasteiger partial charge in [0.05, 0.1) is 17.0 Å². The van der Waals surface area contributed by atoms with E-state index in [1.54, 1.807) is 24.5 Å². The van der Waals surface area contributed by atoms with E-state index in [-0.39, 0.29) is 12.1 Å². The minimum Gasteiger partial charge on any atom is -0.353 e. The normalized spacial score (nSPS) is 23.8. The summed E-state index contributed by atoms with van der Waals surface area (Å²) in [5.74, 6) is 0.904. The fraction of sp³-hybridized carbons (Fsp3) is 0.350. The summed E-state index contributed by atoms with van der Waals surface area (Å²) in [5.41, 5.74) is 2.03. The maximum atomic E-state index is 12.4. The largest absolute Gasteiger partial charge is 0.353 e. The number of benzene rings is 1. The highest BCUT2D eigenvalue weighted by Gasteiger charge is 2.46. The molecule has 4 unspecified atom stereocenters. The van der Waals surface area contributed by atoms with Gasteiger partial charge in [-0.05, 0) is 36.6 Å². The summed E-state index contributed by atoms with van der Waals surface area (Å²) in [6.45, 7) is 1.47. The molecule has 2 bridgehead atoms. The van der Waals surface area contributed by atoms with E-state index in [0.29, 0.717) is 11.1 Å². The van der Waals surface area contributed by atoms with Crippen LogP contribution in [0.15, 0.2) is 42.9 Å². The molecule has 0 amide bonds. The first-order valence-corrected chi connectivity index (χ1v) is 10.7. The van der Waals surface area contributed by atoms with Gasteiger partial charge in [-0.15, -0.1) is 0 Å². The number of hydrogen-bond acceptors (Lipinski definition) is 6. The predicted octanol–water partition coefficient (Wildman–Crippen LogP) is 2.40. The van der Waals surface area contributed by atoms with Crippen LogP contribution >= 0.6 is 0 Å². The molecule has 0 spiro atoms. The molecule has 2 aliphatic heterocycles. The molecule has 0 aliphatic carbocycles. The van der Waals surface area contributed by atoms with Crippen molar-refractivity contribution in [1.82, 2.24) is 19.9 Å². The first-order chi connectivity index (χ1) is 14.2. The minimum atomic E-state index is -2.07. The summed E-state index contributed by atoms with van der Waals surface area (Å²) in [6.07, 6.45) is 5.37. The highest BCUT2D eigenvalue weighted by Crippen LogP contribution is 2.40. The van der Waals surface area contributed by atoms with E-state index in [1.165, 1.54) is 0 Å². The molecule has 5 rings (SSSR count). The molecule has 4 heterocycles. The molecule has 2 aliphatic rings. The third-order valence-corrected chi connectivity index (χ3v) is 6.83. The van der Waals surface area contributed by atoms with Gasteiger partial charge in [0.25, 0.3) is 0 Å².